The molecule has 0 unspecified atom stereocenters. The predicted molar refractivity (Wildman–Crippen MR) is 73.9 cm³/mol. The van der Waals surface area contributed by atoms with Gasteiger partial charge < -0.3 is 4.52 Å². The van der Waals surface area contributed by atoms with Gasteiger partial charge in [0.15, 0.2) is 5.82 Å². The number of hydrogen-bond donors (Lipinski definition) is 0. The Morgan fingerprint density at radius 1 is 1.45 bits per heavy atom. The van der Waals surface area contributed by atoms with E-state index in [0.29, 0.717) is 6.04 Å². The maximum absolute atomic E-state index is 5.34. The lowest BCUT2D eigenvalue weighted by Crippen LogP contribution is -2.22. The van der Waals surface area contributed by atoms with E-state index in [1.165, 1.54) is 18.4 Å². The fourth-order valence-corrected chi connectivity index (χ4v) is 2.86. The first-order valence-electron chi connectivity index (χ1n) is 7.30. The third-order valence-corrected chi connectivity index (χ3v) is 3.80. The van der Waals surface area contributed by atoms with Gasteiger partial charge in [0.2, 0.25) is 5.89 Å². The van der Waals surface area contributed by atoms with E-state index in [9.17, 15) is 0 Å². The standard InChI is InChI=1S/C14H21N5O/c1-3-5-13-16-14(20-17-13)10-19-7-4-6-12(19)11-8-15-18(2)9-11/h8-9,12H,3-7,10H2,1-2H3/t12-/m0/s1. The van der Waals surface area contributed by atoms with E-state index >= 15 is 0 Å². The molecule has 6 nitrogen and oxygen atoms in total. The van der Waals surface area contributed by atoms with E-state index < -0.39 is 0 Å². The molecular weight excluding hydrogens is 254 g/mol. The molecule has 1 fully saturated rings. The molecule has 0 N–H and O–H groups in total. The lowest BCUT2D eigenvalue weighted by Gasteiger charge is -2.21. The monoisotopic (exact) mass is 275 g/mol. The van der Waals surface area contributed by atoms with Crippen molar-refractivity contribution < 1.29 is 4.52 Å². The van der Waals surface area contributed by atoms with Crippen LogP contribution in [0.2, 0.25) is 0 Å². The molecule has 2 aromatic rings. The summed E-state index contributed by atoms with van der Waals surface area (Å²) in [5.41, 5.74) is 1.28. The Labute approximate surface area is 118 Å². The van der Waals surface area contributed by atoms with Crippen LogP contribution in [0.15, 0.2) is 16.9 Å². The second-order valence-corrected chi connectivity index (χ2v) is 5.43. The van der Waals surface area contributed by atoms with Crippen molar-refractivity contribution >= 4 is 0 Å². The second-order valence-electron chi connectivity index (χ2n) is 5.43. The Balaban J connectivity index is 1.69. The number of aryl methyl sites for hydroxylation is 2. The van der Waals surface area contributed by atoms with Crippen LogP contribution in [0.3, 0.4) is 0 Å². The van der Waals surface area contributed by atoms with Gasteiger partial charge in [0.25, 0.3) is 0 Å². The fourth-order valence-electron chi connectivity index (χ4n) is 2.86. The first-order chi connectivity index (χ1) is 9.76. The number of likely N-dealkylation sites (tertiary alicyclic amines) is 1. The summed E-state index contributed by atoms with van der Waals surface area (Å²) in [4.78, 5) is 6.86. The first-order valence-corrected chi connectivity index (χ1v) is 7.30. The predicted octanol–water partition coefficient (Wildman–Crippen LogP) is 2.09. The number of rotatable bonds is 5. The van der Waals surface area contributed by atoms with E-state index in [0.717, 1.165) is 37.6 Å². The highest BCUT2D eigenvalue weighted by atomic mass is 16.5. The average Bonchev–Trinajstić information content (AvgIpc) is 3.12. The summed E-state index contributed by atoms with van der Waals surface area (Å²) in [7, 11) is 1.96. The lowest BCUT2D eigenvalue weighted by atomic mass is 10.1. The Morgan fingerprint density at radius 3 is 3.10 bits per heavy atom. The number of aromatic nitrogens is 4. The van der Waals surface area contributed by atoms with Crippen LogP contribution in [0.5, 0.6) is 0 Å². The van der Waals surface area contributed by atoms with Gasteiger partial charge in [0, 0.05) is 31.3 Å². The van der Waals surface area contributed by atoms with Gasteiger partial charge >= 0.3 is 0 Å². The van der Waals surface area contributed by atoms with Crippen molar-refractivity contribution in [3.05, 3.63) is 29.7 Å². The zero-order chi connectivity index (χ0) is 13.9. The summed E-state index contributed by atoms with van der Waals surface area (Å²) < 4.78 is 7.20. The molecule has 0 aromatic carbocycles. The number of hydrogen-bond acceptors (Lipinski definition) is 5. The highest BCUT2D eigenvalue weighted by molar-refractivity contribution is 5.12. The molecule has 1 aliphatic heterocycles. The van der Waals surface area contributed by atoms with Gasteiger partial charge in [0.1, 0.15) is 0 Å². The van der Waals surface area contributed by atoms with Crippen LogP contribution in [-0.4, -0.2) is 31.4 Å². The minimum atomic E-state index is 0.422. The van der Waals surface area contributed by atoms with Crippen LogP contribution < -0.4 is 0 Å². The molecule has 2 aromatic heterocycles. The zero-order valence-corrected chi connectivity index (χ0v) is 12.1. The minimum Gasteiger partial charge on any atom is -0.338 e. The Bertz CT molecular complexity index is 561. The van der Waals surface area contributed by atoms with Crippen LogP contribution >= 0.6 is 0 Å². The summed E-state index contributed by atoms with van der Waals surface area (Å²) >= 11 is 0. The van der Waals surface area contributed by atoms with Crippen LogP contribution in [0, 0.1) is 0 Å². The maximum atomic E-state index is 5.34. The van der Waals surface area contributed by atoms with E-state index in [-0.39, 0.29) is 0 Å². The Hall–Kier alpha value is -1.69. The van der Waals surface area contributed by atoms with Crippen LogP contribution in [-0.2, 0) is 20.0 Å². The first kappa shape index (κ1) is 13.3. The summed E-state index contributed by atoms with van der Waals surface area (Å²) in [6.07, 6.45) is 8.35. The lowest BCUT2D eigenvalue weighted by molar-refractivity contribution is 0.212. The number of nitrogens with zero attached hydrogens (tertiary/aromatic N) is 5. The molecule has 1 aliphatic rings. The highest BCUT2D eigenvalue weighted by Crippen LogP contribution is 2.32. The highest BCUT2D eigenvalue weighted by Gasteiger charge is 2.28. The van der Waals surface area contributed by atoms with Crippen molar-refractivity contribution in [2.24, 2.45) is 7.05 Å². The molecule has 0 bridgehead atoms. The molecule has 6 heteroatoms. The van der Waals surface area contributed by atoms with E-state index in [2.05, 4.69) is 33.3 Å². The second kappa shape index (κ2) is 5.75. The quantitative estimate of drug-likeness (QED) is 0.836. The topological polar surface area (TPSA) is 60.0 Å². The van der Waals surface area contributed by atoms with Gasteiger partial charge in [-0.05, 0) is 25.8 Å². The van der Waals surface area contributed by atoms with Gasteiger partial charge in [-0.15, -0.1) is 0 Å². The Morgan fingerprint density at radius 2 is 2.35 bits per heavy atom. The van der Waals surface area contributed by atoms with Crippen molar-refractivity contribution in [3.8, 4) is 0 Å². The van der Waals surface area contributed by atoms with Crippen LogP contribution in [0.1, 0.15) is 49.5 Å². The third-order valence-electron chi connectivity index (χ3n) is 3.80. The van der Waals surface area contributed by atoms with Crippen molar-refractivity contribution in [1.29, 1.82) is 0 Å². The Kier molecular flexibility index (Phi) is 3.82. The molecule has 3 rings (SSSR count). The van der Waals surface area contributed by atoms with E-state index in [4.69, 9.17) is 4.52 Å². The van der Waals surface area contributed by atoms with Crippen molar-refractivity contribution in [1.82, 2.24) is 24.8 Å². The molecule has 0 spiro atoms. The molecule has 1 saturated heterocycles. The van der Waals surface area contributed by atoms with Gasteiger partial charge in [0.05, 0.1) is 12.7 Å². The molecule has 108 valence electrons. The van der Waals surface area contributed by atoms with Gasteiger partial charge in [-0.25, -0.2) is 0 Å². The summed E-state index contributed by atoms with van der Waals surface area (Å²) in [5.74, 6) is 1.55. The van der Waals surface area contributed by atoms with Crippen molar-refractivity contribution in [2.45, 2.75) is 45.2 Å². The smallest absolute Gasteiger partial charge is 0.240 e. The summed E-state index contributed by atoms with van der Waals surface area (Å²) in [6, 6.07) is 0.422. The third kappa shape index (κ3) is 2.75. The normalized spacial score (nSPS) is 19.8. The maximum Gasteiger partial charge on any atom is 0.240 e. The van der Waals surface area contributed by atoms with Crippen molar-refractivity contribution in [2.75, 3.05) is 6.54 Å². The van der Waals surface area contributed by atoms with Crippen LogP contribution in [0.4, 0.5) is 0 Å². The van der Waals surface area contributed by atoms with E-state index in [1.807, 2.05) is 17.9 Å². The van der Waals surface area contributed by atoms with E-state index in [1.54, 1.807) is 0 Å². The largest absolute Gasteiger partial charge is 0.338 e. The zero-order valence-electron chi connectivity index (χ0n) is 12.1. The summed E-state index contributed by atoms with van der Waals surface area (Å²) in [6.45, 7) is 3.93. The molecule has 3 heterocycles. The molecular formula is C14H21N5O. The van der Waals surface area contributed by atoms with Gasteiger partial charge in [-0.1, -0.05) is 12.1 Å². The van der Waals surface area contributed by atoms with Crippen LogP contribution in [0.25, 0.3) is 0 Å². The molecule has 20 heavy (non-hydrogen) atoms. The molecule has 0 radical (unpaired) electrons. The average molecular weight is 275 g/mol. The molecule has 0 saturated carbocycles. The molecule has 0 aliphatic carbocycles. The SMILES string of the molecule is CCCc1noc(CN2CCC[C@H]2c2cnn(C)c2)n1. The van der Waals surface area contributed by atoms with Gasteiger partial charge in [-0.3, -0.25) is 9.58 Å². The van der Waals surface area contributed by atoms with Gasteiger partial charge in [-0.2, -0.15) is 10.1 Å². The fraction of sp³-hybridized carbons (Fsp3) is 0.643. The molecule has 0 amide bonds. The van der Waals surface area contributed by atoms with Crippen molar-refractivity contribution in [3.63, 3.8) is 0 Å². The summed E-state index contributed by atoms with van der Waals surface area (Å²) in [5, 5.41) is 8.29. The minimum absolute atomic E-state index is 0.422. The molecule has 1 atom stereocenters.